The van der Waals surface area contributed by atoms with Gasteiger partial charge >= 0.3 is 0 Å². The highest BCUT2D eigenvalue weighted by Gasteiger charge is 2.08. The van der Waals surface area contributed by atoms with Crippen LogP contribution in [0.2, 0.25) is 0 Å². The minimum atomic E-state index is 0.359. The lowest BCUT2D eigenvalue weighted by Crippen LogP contribution is -2.18. The Morgan fingerprint density at radius 2 is 1.84 bits per heavy atom. The molecule has 19 heavy (non-hydrogen) atoms. The third kappa shape index (κ3) is 6.19. The van der Waals surface area contributed by atoms with Crippen LogP contribution in [-0.4, -0.2) is 34.0 Å². The zero-order chi connectivity index (χ0) is 13.9. The molecule has 0 fully saturated rings. The summed E-state index contributed by atoms with van der Waals surface area (Å²) in [6, 6.07) is 9.27. The summed E-state index contributed by atoms with van der Waals surface area (Å²) >= 11 is 0. The van der Waals surface area contributed by atoms with Crippen LogP contribution in [0.4, 0.5) is 0 Å². The fraction of sp³-hybridized carbons (Fsp3) is 0.625. The fourth-order valence-corrected chi connectivity index (χ4v) is 2.13. The van der Waals surface area contributed by atoms with Crippen molar-refractivity contribution >= 4 is 0 Å². The number of nitrogens with one attached hydrogen (secondary N) is 1. The molecule has 1 N–H and O–H groups in total. The Hall–Kier alpha value is -0.900. The third-order valence-electron chi connectivity index (χ3n) is 3.25. The largest absolute Gasteiger partial charge is 0.382 e. The highest BCUT2D eigenvalue weighted by atomic mass is 16.5. The second kappa shape index (κ2) is 9.96. The SMILES string of the molecule is CCCc1ccc(C(CCOCCOC)NC)cc1. The van der Waals surface area contributed by atoms with E-state index in [2.05, 4.69) is 36.5 Å². The Bertz CT molecular complexity index is 324. The lowest BCUT2D eigenvalue weighted by Gasteiger charge is -2.17. The molecule has 0 aromatic heterocycles. The van der Waals surface area contributed by atoms with Gasteiger partial charge in [0.15, 0.2) is 0 Å². The van der Waals surface area contributed by atoms with Gasteiger partial charge in [0.2, 0.25) is 0 Å². The fourth-order valence-electron chi connectivity index (χ4n) is 2.13. The molecule has 1 rings (SSSR count). The molecule has 1 unspecified atom stereocenters. The zero-order valence-electron chi connectivity index (χ0n) is 12.4. The van der Waals surface area contributed by atoms with Crippen LogP contribution < -0.4 is 5.32 Å². The molecule has 0 saturated heterocycles. The molecule has 0 saturated carbocycles. The predicted molar refractivity (Wildman–Crippen MR) is 79.5 cm³/mol. The third-order valence-corrected chi connectivity index (χ3v) is 3.25. The van der Waals surface area contributed by atoms with Crippen LogP contribution in [0.15, 0.2) is 24.3 Å². The van der Waals surface area contributed by atoms with Crippen molar-refractivity contribution in [2.75, 3.05) is 34.0 Å². The summed E-state index contributed by atoms with van der Waals surface area (Å²) in [7, 11) is 3.69. The number of rotatable bonds is 10. The molecule has 0 amide bonds. The summed E-state index contributed by atoms with van der Waals surface area (Å²) in [6.07, 6.45) is 3.33. The molecule has 108 valence electrons. The second-order valence-electron chi connectivity index (χ2n) is 4.73. The van der Waals surface area contributed by atoms with E-state index in [1.54, 1.807) is 7.11 Å². The minimum absolute atomic E-state index is 0.359. The van der Waals surface area contributed by atoms with Gasteiger partial charge in [-0.3, -0.25) is 0 Å². The molecule has 0 aliphatic rings. The molecule has 0 radical (unpaired) electrons. The van der Waals surface area contributed by atoms with E-state index >= 15 is 0 Å². The maximum absolute atomic E-state index is 5.53. The van der Waals surface area contributed by atoms with E-state index in [1.165, 1.54) is 17.5 Å². The van der Waals surface area contributed by atoms with E-state index in [0.717, 1.165) is 19.4 Å². The Morgan fingerprint density at radius 1 is 1.11 bits per heavy atom. The second-order valence-corrected chi connectivity index (χ2v) is 4.73. The standard InChI is InChI=1S/C16H27NO2/c1-4-5-14-6-8-15(9-7-14)16(17-2)10-11-19-13-12-18-3/h6-9,16-17H,4-5,10-13H2,1-3H3. The molecule has 0 bridgehead atoms. The van der Waals surface area contributed by atoms with Crippen molar-refractivity contribution in [3.63, 3.8) is 0 Å². The molecular weight excluding hydrogens is 238 g/mol. The van der Waals surface area contributed by atoms with Gasteiger partial charge in [-0.15, -0.1) is 0 Å². The number of hydrogen-bond acceptors (Lipinski definition) is 3. The van der Waals surface area contributed by atoms with Gasteiger partial charge < -0.3 is 14.8 Å². The van der Waals surface area contributed by atoms with Crippen LogP contribution >= 0.6 is 0 Å². The first-order valence-electron chi connectivity index (χ1n) is 7.14. The van der Waals surface area contributed by atoms with Crippen LogP contribution in [0.3, 0.4) is 0 Å². The van der Waals surface area contributed by atoms with E-state index in [9.17, 15) is 0 Å². The Morgan fingerprint density at radius 3 is 2.42 bits per heavy atom. The molecule has 0 aliphatic heterocycles. The van der Waals surface area contributed by atoms with E-state index < -0.39 is 0 Å². The average molecular weight is 265 g/mol. The summed E-state index contributed by atoms with van der Waals surface area (Å²) in [6.45, 7) is 4.30. The molecular formula is C16H27NO2. The number of benzene rings is 1. The monoisotopic (exact) mass is 265 g/mol. The number of ether oxygens (including phenoxy) is 2. The van der Waals surface area contributed by atoms with Crippen molar-refractivity contribution in [1.29, 1.82) is 0 Å². The molecule has 0 spiro atoms. The maximum atomic E-state index is 5.53. The lowest BCUT2D eigenvalue weighted by molar-refractivity contribution is 0.0661. The summed E-state index contributed by atoms with van der Waals surface area (Å²) in [4.78, 5) is 0. The van der Waals surface area contributed by atoms with Crippen LogP contribution in [0.5, 0.6) is 0 Å². The number of hydrogen-bond donors (Lipinski definition) is 1. The Balaban J connectivity index is 2.40. The van der Waals surface area contributed by atoms with Crippen LogP contribution in [0, 0.1) is 0 Å². The van der Waals surface area contributed by atoms with Crippen molar-refractivity contribution in [3.05, 3.63) is 35.4 Å². The number of methoxy groups -OCH3 is 1. The minimum Gasteiger partial charge on any atom is -0.382 e. The highest BCUT2D eigenvalue weighted by Crippen LogP contribution is 2.17. The first kappa shape index (κ1) is 16.2. The van der Waals surface area contributed by atoms with Crippen molar-refractivity contribution in [3.8, 4) is 0 Å². The van der Waals surface area contributed by atoms with Gasteiger partial charge in [0.05, 0.1) is 13.2 Å². The summed E-state index contributed by atoms with van der Waals surface area (Å²) < 4.78 is 10.5. The summed E-state index contributed by atoms with van der Waals surface area (Å²) in [5.41, 5.74) is 2.75. The van der Waals surface area contributed by atoms with Gasteiger partial charge in [0.25, 0.3) is 0 Å². The van der Waals surface area contributed by atoms with Crippen LogP contribution in [0.25, 0.3) is 0 Å². The lowest BCUT2D eigenvalue weighted by atomic mass is 10.0. The molecule has 0 heterocycles. The van der Waals surface area contributed by atoms with Crippen LogP contribution in [-0.2, 0) is 15.9 Å². The van der Waals surface area contributed by atoms with Gasteiger partial charge in [-0.25, -0.2) is 0 Å². The molecule has 1 aromatic carbocycles. The molecule has 3 nitrogen and oxygen atoms in total. The summed E-state index contributed by atoms with van der Waals surface area (Å²) in [5.74, 6) is 0. The number of aryl methyl sites for hydroxylation is 1. The molecule has 3 heteroatoms. The van der Waals surface area contributed by atoms with Gasteiger partial charge in [-0.1, -0.05) is 37.6 Å². The molecule has 1 aromatic rings. The van der Waals surface area contributed by atoms with E-state index in [-0.39, 0.29) is 0 Å². The maximum Gasteiger partial charge on any atom is 0.0700 e. The first-order chi connectivity index (χ1) is 9.31. The smallest absolute Gasteiger partial charge is 0.0700 e. The topological polar surface area (TPSA) is 30.5 Å². The van der Waals surface area contributed by atoms with E-state index in [4.69, 9.17) is 9.47 Å². The highest BCUT2D eigenvalue weighted by molar-refractivity contribution is 5.25. The van der Waals surface area contributed by atoms with Crippen molar-refractivity contribution in [2.24, 2.45) is 0 Å². The van der Waals surface area contributed by atoms with E-state index in [0.29, 0.717) is 19.3 Å². The predicted octanol–water partition coefficient (Wildman–Crippen LogP) is 2.95. The molecule has 0 aliphatic carbocycles. The van der Waals surface area contributed by atoms with Crippen molar-refractivity contribution in [1.82, 2.24) is 5.32 Å². The van der Waals surface area contributed by atoms with Gasteiger partial charge in [-0.05, 0) is 31.0 Å². The van der Waals surface area contributed by atoms with Crippen molar-refractivity contribution < 1.29 is 9.47 Å². The van der Waals surface area contributed by atoms with Gasteiger partial charge in [0.1, 0.15) is 0 Å². The molecule has 1 atom stereocenters. The Kier molecular flexibility index (Phi) is 8.47. The first-order valence-corrected chi connectivity index (χ1v) is 7.14. The summed E-state index contributed by atoms with van der Waals surface area (Å²) in [5, 5.41) is 3.35. The zero-order valence-corrected chi connectivity index (χ0v) is 12.4. The normalized spacial score (nSPS) is 12.6. The van der Waals surface area contributed by atoms with Gasteiger partial charge in [-0.2, -0.15) is 0 Å². The van der Waals surface area contributed by atoms with Gasteiger partial charge in [0, 0.05) is 19.8 Å². The Labute approximate surface area is 117 Å². The van der Waals surface area contributed by atoms with Crippen LogP contribution in [0.1, 0.15) is 36.9 Å². The quantitative estimate of drug-likeness (QED) is 0.660. The average Bonchev–Trinajstić information content (AvgIpc) is 2.44. The van der Waals surface area contributed by atoms with E-state index in [1.807, 2.05) is 7.05 Å². The van der Waals surface area contributed by atoms with Crippen molar-refractivity contribution in [2.45, 2.75) is 32.2 Å².